The van der Waals surface area contributed by atoms with Crippen molar-refractivity contribution in [2.24, 2.45) is 23.5 Å². The van der Waals surface area contributed by atoms with Gasteiger partial charge in [0.1, 0.15) is 22.8 Å². The third-order valence-electron chi connectivity index (χ3n) is 8.82. The normalized spacial score (nSPS) is 26.2. The maximum Gasteiger partial charge on any atom is 0.253 e. The highest BCUT2D eigenvalue weighted by atomic mass is 16.5. The lowest BCUT2D eigenvalue weighted by atomic mass is 9.59. The van der Waals surface area contributed by atoms with Crippen molar-refractivity contribution in [3.8, 4) is 16.9 Å². The number of hydrogen-bond acceptors (Lipinski definition) is 9. The first-order valence-corrected chi connectivity index (χ1v) is 13.5. The SMILES string of the molecule is NC(=O)C1=C(O)C[C@@H]2C[C@@H]3Cc4c(-c5ccc(CN6CCOCC6)cc5)ccc(O)c4C(O)=C3C(=O)C2C1(O)O. The number of aliphatic hydroxyl groups is 4. The number of phenols is 1. The van der Waals surface area contributed by atoms with Crippen LogP contribution < -0.4 is 5.73 Å². The molecule has 0 radical (unpaired) electrons. The van der Waals surface area contributed by atoms with Crippen molar-refractivity contribution in [3.05, 3.63) is 70.0 Å². The highest BCUT2D eigenvalue weighted by molar-refractivity contribution is 6.08. The Bertz CT molecular complexity index is 1450. The molecule has 1 heterocycles. The van der Waals surface area contributed by atoms with Crippen molar-refractivity contribution in [2.75, 3.05) is 26.3 Å². The lowest BCUT2D eigenvalue weighted by molar-refractivity contribution is -0.197. The van der Waals surface area contributed by atoms with E-state index in [2.05, 4.69) is 17.0 Å². The van der Waals surface area contributed by atoms with E-state index < -0.39 is 52.3 Å². The molecule has 1 aliphatic heterocycles. The Kier molecular flexibility index (Phi) is 6.46. The van der Waals surface area contributed by atoms with Crippen LogP contribution in [0.25, 0.3) is 16.9 Å². The summed E-state index contributed by atoms with van der Waals surface area (Å²) >= 11 is 0. The van der Waals surface area contributed by atoms with Gasteiger partial charge < -0.3 is 36.0 Å². The minimum atomic E-state index is -2.98. The molecule has 1 amide bonds. The minimum absolute atomic E-state index is 0.0141. The summed E-state index contributed by atoms with van der Waals surface area (Å²) in [5, 5.41) is 54.2. The van der Waals surface area contributed by atoms with Gasteiger partial charge >= 0.3 is 0 Å². The van der Waals surface area contributed by atoms with Gasteiger partial charge in [-0.3, -0.25) is 14.5 Å². The van der Waals surface area contributed by atoms with Crippen molar-refractivity contribution in [2.45, 2.75) is 31.6 Å². The van der Waals surface area contributed by atoms with E-state index in [-0.39, 0.29) is 29.7 Å². The zero-order valence-electron chi connectivity index (χ0n) is 21.8. The van der Waals surface area contributed by atoms with Gasteiger partial charge in [-0.15, -0.1) is 0 Å². The Morgan fingerprint density at radius 1 is 1.02 bits per heavy atom. The molecule has 6 rings (SSSR count). The Morgan fingerprint density at radius 2 is 1.73 bits per heavy atom. The highest BCUT2D eigenvalue weighted by Gasteiger charge is 2.58. The maximum atomic E-state index is 13.7. The second-order valence-corrected chi connectivity index (χ2v) is 11.2. The van der Waals surface area contributed by atoms with E-state index in [4.69, 9.17) is 10.5 Å². The molecule has 4 aliphatic rings. The molecule has 1 saturated carbocycles. The monoisotopic (exact) mass is 548 g/mol. The van der Waals surface area contributed by atoms with Gasteiger partial charge in [0.15, 0.2) is 5.78 Å². The summed E-state index contributed by atoms with van der Waals surface area (Å²) < 4.78 is 5.42. The fourth-order valence-corrected chi connectivity index (χ4v) is 7.02. The first-order chi connectivity index (χ1) is 19.1. The van der Waals surface area contributed by atoms with Gasteiger partial charge in [0, 0.05) is 31.6 Å². The molecular formula is C30H32N2O8. The molecular weight excluding hydrogens is 516 g/mol. The molecule has 3 atom stereocenters. The van der Waals surface area contributed by atoms with E-state index in [1.54, 1.807) is 6.07 Å². The summed E-state index contributed by atoms with van der Waals surface area (Å²) in [7, 11) is 0. The van der Waals surface area contributed by atoms with Gasteiger partial charge in [0.05, 0.1) is 24.7 Å². The number of carbonyl (C=O) groups is 2. The number of fused-ring (bicyclic) bond motifs is 3. The number of benzene rings is 2. The molecule has 2 aromatic rings. The lowest BCUT2D eigenvalue weighted by Gasteiger charge is -2.46. The van der Waals surface area contributed by atoms with Crippen molar-refractivity contribution in [1.82, 2.24) is 4.90 Å². The fourth-order valence-electron chi connectivity index (χ4n) is 7.02. The second-order valence-electron chi connectivity index (χ2n) is 11.2. The topological polar surface area (TPSA) is 174 Å². The quantitative estimate of drug-likeness (QED) is 0.312. The number of amides is 1. The Balaban J connectivity index is 1.36. The molecule has 210 valence electrons. The third kappa shape index (κ3) is 4.19. The van der Waals surface area contributed by atoms with E-state index in [0.717, 1.165) is 49.5 Å². The number of nitrogens with two attached hydrogens (primary N) is 1. The van der Waals surface area contributed by atoms with E-state index in [1.807, 2.05) is 12.1 Å². The van der Waals surface area contributed by atoms with Crippen LogP contribution >= 0.6 is 0 Å². The number of rotatable bonds is 4. The molecule has 10 nitrogen and oxygen atoms in total. The van der Waals surface area contributed by atoms with Crippen LogP contribution in [0.2, 0.25) is 0 Å². The average Bonchev–Trinajstić information content (AvgIpc) is 2.89. The Labute approximate surface area is 230 Å². The number of nitrogens with zero attached hydrogens (tertiary/aromatic N) is 1. The number of phenolic OH excluding ortho intramolecular Hbond substituents is 1. The molecule has 40 heavy (non-hydrogen) atoms. The third-order valence-corrected chi connectivity index (χ3v) is 8.82. The number of primary amides is 1. The van der Waals surface area contributed by atoms with E-state index in [0.29, 0.717) is 12.0 Å². The molecule has 3 aliphatic carbocycles. The lowest BCUT2D eigenvalue weighted by Crippen LogP contribution is -2.57. The van der Waals surface area contributed by atoms with E-state index >= 15 is 0 Å². The molecule has 2 aromatic carbocycles. The Hall–Kier alpha value is -3.70. The summed E-state index contributed by atoms with van der Waals surface area (Å²) in [6.07, 6.45) is 0.453. The number of carbonyl (C=O) groups excluding carboxylic acids is 2. The number of aliphatic hydroxyl groups excluding tert-OH is 2. The maximum absolute atomic E-state index is 13.7. The summed E-state index contributed by atoms with van der Waals surface area (Å²) in [4.78, 5) is 27.9. The van der Waals surface area contributed by atoms with Crippen LogP contribution in [-0.2, 0) is 27.3 Å². The predicted octanol–water partition coefficient (Wildman–Crippen LogP) is 1.92. The molecule has 1 saturated heterocycles. The number of hydrogen-bond donors (Lipinski definition) is 6. The second kappa shape index (κ2) is 9.74. The van der Waals surface area contributed by atoms with Gasteiger partial charge in [0.2, 0.25) is 5.79 Å². The van der Waals surface area contributed by atoms with Crippen LogP contribution in [0, 0.1) is 17.8 Å². The van der Waals surface area contributed by atoms with Crippen molar-refractivity contribution in [3.63, 3.8) is 0 Å². The van der Waals surface area contributed by atoms with Crippen molar-refractivity contribution < 1.29 is 39.9 Å². The zero-order valence-corrected chi connectivity index (χ0v) is 21.8. The van der Waals surface area contributed by atoms with Gasteiger partial charge in [0.25, 0.3) is 5.91 Å². The summed E-state index contributed by atoms with van der Waals surface area (Å²) in [6.45, 7) is 4.03. The molecule has 0 bridgehead atoms. The van der Waals surface area contributed by atoms with Gasteiger partial charge in [-0.25, -0.2) is 0 Å². The van der Waals surface area contributed by atoms with Gasteiger partial charge in [-0.2, -0.15) is 0 Å². The Morgan fingerprint density at radius 3 is 2.40 bits per heavy atom. The van der Waals surface area contributed by atoms with Crippen LogP contribution in [0.15, 0.2) is 53.3 Å². The number of morpholine rings is 1. The van der Waals surface area contributed by atoms with Crippen LogP contribution in [0.5, 0.6) is 5.75 Å². The average molecular weight is 549 g/mol. The number of aromatic hydroxyl groups is 1. The standard InChI is InChI=1S/C30H32N2O8/c31-29(37)26-22(34)13-18-11-17-12-20-19(16-3-1-15(2-4-16)14-32-7-9-40-10-8-32)5-6-21(33)24(20)27(35)23(17)28(36)25(18)30(26,38)39/h1-6,17-18,25,33-35,38-39H,7-14H2,(H2,31,37)/t17-,18+,25?/m1/s1. The van der Waals surface area contributed by atoms with Gasteiger partial charge in [-0.1, -0.05) is 30.3 Å². The summed E-state index contributed by atoms with van der Waals surface area (Å²) in [6, 6.07) is 11.4. The number of Topliss-reactive ketones (excluding diaryl/α,β-unsaturated/α-hetero) is 1. The summed E-state index contributed by atoms with van der Waals surface area (Å²) in [5.74, 6) is -8.77. The molecule has 10 heteroatoms. The molecule has 2 fully saturated rings. The zero-order chi connectivity index (χ0) is 28.3. The van der Waals surface area contributed by atoms with Crippen LogP contribution in [0.3, 0.4) is 0 Å². The molecule has 0 aromatic heterocycles. The smallest absolute Gasteiger partial charge is 0.253 e. The minimum Gasteiger partial charge on any atom is -0.512 e. The largest absolute Gasteiger partial charge is 0.512 e. The highest BCUT2D eigenvalue weighted by Crippen LogP contribution is 2.53. The molecule has 7 N–H and O–H groups in total. The fraction of sp³-hybridized carbons (Fsp3) is 0.400. The van der Waals surface area contributed by atoms with Crippen LogP contribution in [0.4, 0.5) is 0 Å². The predicted molar refractivity (Wildman–Crippen MR) is 144 cm³/mol. The first-order valence-electron chi connectivity index (χ1n) is 13.5. The first kappa shape index (κ1) is 26.5. The summed E-state index contributed by atoms with van der Waals surface area (Å²) in [5.41, 5.74) is 8.15. The van der Waals surface area contributed by atoms with Crippen LogP contribution in [0.1, 0.15) is 29.5 Å². The van der Waals surface area contributed by atoms with Crippen molar-refractivity contribution in [1.29, 1.82) is 0 Å². The molecule has 1 unspecified atom stereocenters. The number of ether oxygens (including phenoxy) is 1. The van der Waals surface area contributed by atoms with E-state index in [1.165, 1.54) is 6.07 Å². The van der Waals surface area contributed by atoms with Gasteiger partial charge in [-0.05, 0) is 53.0 Å². The number of ketones is 1. The van der Waals surface area contributed by atoms with Crippen LogP contribution in [-0.4, -0.2) is 74.2 Å². The van der Waals surface area contributed by atoms with E-state index in [9.17, 15) is 35.1 Å². The molecule has 0 spiro atoms. The van der Waals surface area contributed by atoms with Crippen molar-refractivity contribution >= 4 is 17.4 Å². The number of allylic oxidation sites excluding steroid dienone is 2.